The predicted molar refractivity (Wildman–Crippen MR) is 486 cm³/mol. The van der Waals surface area contributed by atoms with Crippen LogP contribution in [0.4, 0.5) is 34.1 Å². The van der Waals surface area contributed by atoms with E-state index in [1.165, 1.54) is 71.3 Å². The molecule has 5 heteroatoms. The molecule has 4 heterocycles. The van der Waals surface area contributed by atoms with Crippen LogP contribution in [0.1, 0.15) is 56.2 Å². The highest BCUT2D eigenvalue weighted by Crippen LogP contribution is 2.55. The molecule has 540 valence electrons. The quantitative estimate of drug-likeness (QED) is 0.101. The first-order chi connectivity index (χ1) is 56.1. The van der Waals surface area contributed by atoms with Crippen LogP contribution in [0.3, 0.4) is 0 Å². The smallest absolute Gasteiger partial charge is 0.252 e. The standard InChI is InChI=1S/C109H81BN4/c1-70(2)85-64-93(75-34-14-8-15-35-75)108(95(66-85)83-44-28-42-81(62-83)79-40-26-38-77(60-79)73-30-10-6-11-31-73)113-103-68-87(111-99-50-22-18-46-89(99)90-47-19-23-51-100(90)111)54-56-97(103)110-98-57-55-88(112-101-52-24-20-48-91(101)92-49-21-25-53-102(92)112)69-104(98)114(106-59-72(5)58-105(113)107(106)110)109-94(76-36-16-9-17-37-76)65-86(71(3)4)67-96(109)84-45-29-43-82(63-84)80-41-27-39-78(61-80)74-32-12-7-13-33-74/h6-71H,1-5H3. The van der Waals surface area contributed by atoms with Gasteiger partial charge in [0.15, 0.2) is 0 Å². The molecule has 114 heavy (non-hydrogen) atoms. The van der Waals surface area contributed by atoms with Gasteiger partial charge in [0.25, 0.3) is 6.71 Å². The molecule has 0 atom stereocenters. The Labute approximate surface area is 667 Å². The fourth-order valence-corrected chi connectivity index (χ4v) is 18.6. The molecule has 0 aliphatic carbocycles. The normalized spacial score (nSPS) is 12.4. The third kappa shape index (κ3) is 11.4. The van der Waals surface area contributed by atoms with Crippen molar-refractivity contribution < 1.29 is 0 Å². The van der Waals surface area contributed by atoms with Gasteiger partial charge in [0.2, 0.25) is 0 Å². The Morgan fingerprint density at radius 2 is 0.500 bits per heavy atom. The van der Waals surface area contributed by atoms with Gasteiger partial charge >= 0.3 is 0 Å². The molecule has 0 radical (unpaired) electrons. The lowest BCUT2D eigenvalue weighted by Crippen LogP contribution is -2.61. The Morgan fingerprint density at radius 1 is 0.228 bits per heavy atom. The molecule has 21 rings (SSSR count). The first-order valence-electron chi connectivity index (χ1n) is 40.1. The summed E-state index contributed by atoms with van der Waals surface area (Å²) in [7, 11) is 0. The molecule has 0 fully saturated rings. The first kappa shape index (κ1) is 68.1. The van der Waals surface area contributed by atoms with E-state index >= 15 is 0 Å². The molecule has 0 unspecified atom stereocenters. The zero-order chi connectivity index (χ0) is 76.2. The van der Waals surface area contributed by atoms with Crippen LogP contribution in [-0.4, -0.2) is 15.8 Å². The van der Waals surface area contributed by atoms with Crippen molar-refractivity contribution in [1.29, 1.82) is 0 Å². The lowest BCUT2D eigenvalue weighted by Gasteiger charge is -2.46. The summed E-state index contributed by atoms with van der Waals surface area (Å²) in [4.78, 5) is 5.45. The molecule has 4 nitrogen and oxygen atoms in total. The fourth-order valence-electron chi connectivity index (χ4n) is 18.6. The van der Waals surface area contributed by atoms with E-state index in [0.29, 0.717) is 0 Å². The summed E-state index contributed by atoms with van der Waals surface area (Å²) in [6, 6.07) is 147. The monoisotopic (exact) mass is 1460 g/mol. The molecule has 0 amide bonds. The van der Waals surface area contributed by atoms with Crippen molar-refractivity contribution in [2.75, 3.05) is 9.80 Å². The third-order valence-corrected chi connectivity index (χ3v) is 24.0. The molecule has 2 aliphatic heterocycles. The number of nitrogens with zero attached hydrogens (tertiary/aromatic N) is 4. The van der Waals surface area contributed by atoms with Gasteiger partial charge in [-0.15, -0.1) is 0 Å². The van der Waals surface area contributed by atoms with Gasteiger partial charge in [-0.25, -0.2) is 0 Å². The third-order valence-electron chi connectivity index (χ3n) is 24.0. The van der Waals surface area contributed by atoms with Gasteiger partial charge in [-0.05, 0) is 228 Å². The molecule has 0 saturated heterocycles. The maximum Gasteiger partial charge on any atom is 0.252 e. The van der Waals surface area contributed by atoms with Gasteiger partial charge in [-0.3, -0.25) is 0 Å². The predicted octanol–water partition coefficient (Wildman–Crippen LogP) is 27.9. The van der Waals surface area contributed by atoms with Gasteiger partial charge < -0.3 is 18.9 Å². The summed E-state index contributed by atoms with van der Waals surface area (Å²) in [5.74, 6) is 0.399. The van der Waals surface area contributed by atoms with Crippen molar-refractivity contribution in [2.45, 2.75) is 46.5 Å². The van der Waals surface area contributed by atoms with Crippen LogP contribution in [0.15, 0.2) is 388 Å². The lowest BCUT2D eigenvalue weighted by molar-refractivity contribution is 0.867. The van der Waals surface area contributed by atoms with Gasteiger partial charge in [0.05, 0.1) is 33.4 Å². The highest BCUT2D eigenvalue weighted by molar-refractivity contribution is 7.00. The maximum absolute atomic E-state index is 2.73. The minimum atomic E-state index is -0.259. The highest BCUT2D eigenvalue weighted by atomic mass is 15.2. The van der Waals surface area contributed by atoms with E-state index in [1.807, 2.05) is 0 Å². The van der Waals surface area contributed by atoms with Gasteiger partial charge in [-0.2, -0.15) is 0 Å². The van der Waals surface area contributed by atoms with Crippen LogP contribution in [0.2, 0.25) is 0 Å². The molecular weight excluding hydrogens is 1380 g/mol. The largest absolute Gasteiger partial charge is 0.310 e. The van der Waals surface area contributed by atoms with Gasteiger partial charge in [-0.1, -0.05) is 307 Å². The molecule has 2 aliphatic rings. The van der Waals surface area contributed by atoms with Gasteiger partial charge in [0.1, 0.15) is 0 Å². The minimum absolute atomic E-state index is 0.199. The second kappa shape index (κ2) is 27.8. The van der Waals surface area contributed by atoms with Crippen molar-refractivity contribution in [2.24, 2.45) is 0 Å². The average molecular weight is 1460 g/mol. The van der Waals surface area contributed by atoms with E-state index in [-0.39, 0.29) is 18.5 Å². The molecule has 2 aromatic heterocycles. The average Bonchev–Trinajstić information content (AvgIpc) is 0.775. The molecule has 0 saturated carbocycles. The Hall–Kier alpha value is -14.0. The number of anilines is 6. The summed E-state index contributed by atoms with van der Waals surface area (Å²) in [5, 5.41) is 4.89. The molecule has 0 bridgehead atoms. The topological polar surface area (TPSA) is 16.3 Å². The van der Waals surface area contributed by atoms with Crippen LogP contribution in [-0.2, 0) is 0 Å². The second-order valence-electron chi connectivity index (χ2n) is 31.6. The summed E-state index contributed by atoms with van der Waals surface area (Å²) >= 11 is 0. The van der Waals surface area contributed by atoms with E-state index in [2.05, 4.69) is 442 Å². The van der Waals surface area contributed by atoms with Crippen LogP contribution < -0.4 is 26.2 Å². The highest BCUT2D eigenvalue weighted by Gasteiger charge is 2.46. The Bertz CT molecular complexity index is 6490. The minimum Gasteiger partial charge on any atom is -0.310 e. The number of hydrogen-bond acceptors (Lipinski definition) is 2. The number of hydrogen-bond donors (Lipinski definition) is 0. The van der Waals surface area contributed by atoms with Crippen molar-refractivity contribution >= 4 is 101 Å². The Morgan fingerprint density at radius 3 is 0.833 bits per heavy atom. The number of rotatable bonds is 14. The van der Waals surface area contributed by atoms with Crippen molar-refractivity contribution in [1.82, 2.24) is 9.13 Å². The first-order valence-corrected chi connectivity index (χ1v) is 40.1. The van der Waals surface area contributed by atoms with Crippen molar-refractivity contribution in [3.05, 3.63) is 405 Å². The SMILES string of the molecule is Cc1cc2c3c(c1)N(c1c(-c4ccccc4)cc(C(C)C)cc1-c1cccc(-c4cccc(-c5ccccc5)c4)c1)c1cc(-n4c5ccccc5c5ccccc54)ccc1B3c1ccc(-n3c4ccccc4c4ccccc43)cc1N2c1c(-c2ccccc2)cc(C(C)C)cc1-c1cccc(-c2cccc(-c3ccccc3)c2)c1. The molecule has 0 N–H and O–H groups in total. The zero-order valence-electron chi connectivity index (χ0n) is 64.5. The number of aryl methyl sites for hydroxylation is 1. The number of para-hydroxylation sites is 4. The Balaban J connectivity index is 0.892. The number of aromatic nitrogens is 2. The maximum atomic E-state index is 2.73. The number of fused-ring (bicyclic) bond motifs is 10. The molecule has 19 aromatic rings. The van der Waals surface area contributed by atoms with Crippen LogP contribution in [0.25, 0.3) is 144 Å². The zero-order valence-corrected chi connectivity index (χ0v) is 64.5. The summed E-state index contributed by atoms with van der Waals surface area (Å²) in [5.41, 5.74) is 39.5. The molecule has 17 aromatic carbocycles. The van der Waals surface area contributed by atoms with E-state index in [4.69, 9.17) is 0 Å². The van der Waals surface area contributed by atoms with Crippen LogP contribution >= 0.6 is 0 Å². The van der Waals surface area contributed by atoms with E-state index in [9.17, 15) is 0 Å². The lowest BCUT2D eigenvalue weighted by atomic mass is 9.33. The summed E-state index contributed by atoms with van der Waals surface area (Å²) < 4.78 is 5.01. The summed E-state index contributed by atoms with van der Waals surface area (Å²) in [6.07, 6.45) is 0. The summed E-state index contributed by atoms with van der Waals surface area (Å²) in [6.45, 7) is 11.5. The fraction of sp³-hybridized carbons (Fsp3) is 0.0642. The Kier molecular flexibility index (Phi) is 16.6. The van der Waals surface area contributed by atoms with E-state index in [0.717, 1.165) is 140 Å². The van der Waals surface area contributed by atoms with E-state index in [1.54, 1.807) is 0 Å². The van der Waals surface area contributed by atoms with Crippen molar-refractivity contribution in [3.63, 3.8) is 0 Å². The molecular formula is C109H81BN4. The number of benzene rings is 17. The molecule has 0 spiro atoms. The van der Waals surface area contributed by atoms with Crippen LogP contribution in [0.5, 0.6) is 0 Å². The van der Waals surface area contributed by atoms with Gasteiger partial charge in [0, 0.05) is 77.9 Å². The van der Waals surface area contributed by atoms with E-state index < -0.39 is 0 Å². The second-order valence-corrected chi connectivity index (χ2v) is 31.6. The van der Waals surface area contributed by atoms with Crippen molar-refractivity contribution in [3.8, 4) is 100 Å². The van der Waals surface area contributed by atoms with Crippen LogP contribution in [0, 0.1) is 6.92 Å².